The topological polar surface area (TPSA) is 101 Å². The summed E-state index contributed by atoms with van der Waals surface area (Å²) < 4.78 is 6.41. The number of likely N-dealkylation sites (tertiary alicyclic amines) is 1. The second-order valence-electron chi connectivity index (χ2n) is 10.1. The number of aryl methyl sites for hydroxylation is 1. The second-order valence-corrected chi connectivity index (χ2v) is 14.8. The molecule has 1 saturated heterocycles. The molecule has 1 N–H and O–H groups in total. The highest BCUT2D eigenvalue weighted by Gasteiger charge is 2.60. The fourth-order valence-electron chi connectivity index (χ4n) is 4.44. The van der Waals surface area contributed by atoms with E-state index in [0.29, 0.717) is 18.4 Å². The van der Waals surface area contributed by atoms with Crippen LogP contribution in [0.4, 0.5) is 0 Å². The summed E-state index contributed by atoms with van der Waals surface area (Å²) in [6.07, 6.45) is 0.568. The molecule has 4 atom stereocenters. The van der Waals surface area contributed by atoms with Gasteiger partial charge in [-0.05, 0) is 43.5 Å². The maximum atomic E-state index is 13.3. The monoisotopic (exact) mass is 445 g/mol. The van der Waals surface area contributed by atoms with E-state index >= 15 is 0 Å². The number of rotatable bonds is 4. The van der Waals surface area contributed by atoms with E-state index in [1.54, 1.807) is 19.1 Å². The molecular weight excluding hydrogens is 414 g/mol. The zero-order valence-corrected chi connectivity index (χ0v) is 20.0. The molecule has 7 nitrogen and oxygen atoms in total. The Labute approximate surface area is 183 Å². The molecule has 1 heterocycles. The third kappa shape index (κ3) is 3.98. The third-order valence-electron chi connectivity index (χ3n) is 7.14. The number of hydrogen-bond acceptors (Lipinski definition) is 5. The molecule has 8 heteroatoms. The van der Waals surface area contributed by atoms with E-state index in [4.69, 9.17) is 4.43 Å². The normalized spacial score (nSPS) is 25.0. The van der Waals surface area contributed by atoms with Gasteiger partial charge in [0.2, 0.25) is 5.91 Å². The van der Waals surface area contributed by atoms with Crippen LogP contribution in [0.3, 0.4) is 0 Å². The molecule has 0 unspecified atom stereocenters. The number of ketones is 1. The summed E-state index contributed by atoms with van der Waals surface area (Å²) >= 11 is 0. The predicted octanol–water partition coefficient (Wildman–Crippen LogP) is 3.28. The SMILES string of the molecule is C[C@@H](O[Si](C)(C)C(C)(C)C)[C@H]1C(=O)N(C(=O)C(=O)O)[C@@H]1[C@H]1CCc2ccccc2C1=O. The molecule has 0 saturated carbocycles. The lowest BCUT2D eigenvalue weighted by Gasteiger charge is -2.52. The number of fused-ring (bicyclic) bond motifs is 1. The van der Waals surface area contributed by atoms with Crippen molar-refractivity contribution in [3.8, 4) is 0 Å². The molecule has 2 amide bonds. The molecule has 1 aromatic carbocycles. The van der Waals surface area contributed by atoms with E-state index in [2.05, 4.69) is 33.9 Å². The first-order chi connectivity index (χ1) is 14.3. The Hall–Kier alpha value is -2.32. The van der Waals surface area contributed by atoms with Gasteiger partial charge in [0.1, 0.15) is 0 Å². The van der Waals surface area contributed by atoms with Crippen LogP contribution in [0.1, 0.15) is 50.0 Å². The third-order valence-corrected chi connectivity index (χ3v) is 11.7. The van der Waals surface area contributed by atoms with Gasteiger partial charge in [0, 0.05) is 11.5 Å². The van der Waals surface area contributed by atoms with Crippen molar-refractivity contribution in [1.82, 2.24) is 4.90 Å². The van der Waals surface area contributed by atoms with Crippen molar-refractivity contribution in [2.45, 2.75) is 70.8 Å². The minimum Gasteiger partial charge on any atom is -0.474 e. The molecule has 0 bridgehead atoms. The Bertz CT molecular complexity index is 934. The summed E-state index contributed by atoms with van der Waals surface area (Å²) in [5, 5.41) is 9.16. The van der Waals surface area contributed by atoms with Crippen LogP contribution in [0.15, 0.2) is 24.3 Å². The number of imide groups is 1. The number of β-lactam (4-membered cyclic amide) rings is 1. The van der Waals surface area contributed by atoms with Crippen LogP contribution >= 0.6 is 0 Å². The van der Waals surface area contributed by atoms with Gasteiger partial charge >= 0.3 is 11.9 Å². The Kier molecular flexibility index (Phi) is 6.01. The average Bonchev–Trinajstić information content (AvgIpc) is 2.65. The summed E-state index contributed by atoms with van der Waals surface area (Å²) in [4.78, 5) is 50.7. The molecule has 3 rings (SSSR count). The van der Waals surface area contributed by atoms with Gasteiger partial charge in [0.25, 0.3) is 0 Å². The van der Waals surface area contributed by atoms with E-state index in [-0.39, 0.29) is 10.8 Å². The molecule has 2 aliphatic rings. The van der Waals surface area contributed by atoms with E-state index in [9.17, 15) is 24.3 Å². The lowest BCUT2D eigenvalue weighted by Crippen LogP contribution is -2.71. The molecule has 1 fully saturated rings. The highest BCUT2D eigenvalue weighted by molar-refractivity contribution is 6.74. The summed E-state index contributed by atoms with van der Waals surface area (Å²) in [5.41, 5.74) is 1.52. The van der Waals surface area contributed by atoms with Gasteiger partial charge in [0.15, 0.2) is 14.1 Å². The van der Waals surface area contributed by atoms with Gasteiger partial charge in [-0.2, -0.15) is 0 Å². The van der Waals surface area contributed by atoms with Gasteiger partial charge in [-0.1, -0.05) is 45.0 Å². The smallest absolute Gasteiger partial charge is 0.395 e. The molecule has 0 radical (unpaired) electrons. The van der Waals surface area contributed by atoms with Crippen molar-refractivity contribution in [2.75, 3.05) is 0 Å². The highest BCUT2D eigenvalue weighted by Crippen LogP contribution is 2.44. The number of aliphatic carboxylic acids is 1. The number of Topliss-reactive ketones (excluding diaryl/α,β-unsaturated/α-hetero) is 1. The zero-order valence-electron chi connectivity index (χ0n) is 19.0. The van der Waals surface area contributed by atoms with Crippen molar-refractivity contribution >= 4 is 31.9 Å². The van der Waals surface area contributed by atoms with Crippen molar-refractivity contribution in [3.63, 3.8) is 0 Å². The first kappa shape index (κ1) is 23.3. The van der Waals surface area contributed by atoms with Gasteiger partial charge in [0.05, 0.1) is 18.1 Å². The minimum absolute atomic E-state index is 0.0836. The number of carbonyl (C=O) groups excluding carboxylic acids is 3. The number of hydrogen-bond donors (Lipinski definition) is 1. The standard InChI is InChI=1S/C23H31NO6Si/c1-13(30-31(5,6)23(2,3)4)17-18(24(20(17)26)21(27)22(28)29)16-12-11-14-9-7-8-10-15(14)19(16)25/h7-10,13,16-18H,11-12H2,1-6H3,(H,28,29)/t13-,16-,17-,18-/m1/s1. The number of benzene rings is 1. The predicted molar refractivity (Wildman–Crippen MR) is 117 cm³/mol. The van der Waals surface area contributed by atoms with Gasteiger partial charge in [-0.15, -0.1) is 0 Å². The van der Waals surface area contributed by atoms with Crippen molar-refractivity contribution < 1.29 is 28.7 Å². The first-order valence-corrected chi connectivity index (χ1v) is 13.6. The largest absolute Gasteiger partial charge is 0.474 e. The zero-order chi connectivity index (χ0) is 23.3. The average molecular weight is 446 g/mol. The number of carboxylic acids is 1. The van der Waals surface area contributed by atoms with Gasteiger partial charge in [-0.25, -0.2) is 4.79 Å². The number of carboxylic acid groups (broad SMARTS) is 1. The molecule has 1 aliphatic carbocycles. The first-order valence-electron chi connectivity index (χ1n) is 10.7. The maximum absolute atomic E-state index is 13.3. The van der Waals surface area contributed by atoms with E-state index < -0.39 is 50.1 Å². The lowest BCUT2D eigenvalue weighted by atomic mass is 9.69. The van der Waals surface area contributed by atoms with Crippen molar-refractivity contribution in [3.05, 3.63) is 35.4 Å². The number of carbonyl (C=O) groups is 4. The van der Waals surface area contributed by atoms with E-state index in [1.807, 2.05) is 12.1 Å². The van der Waals surface area contributed by atoms with Crippen LogP contribution in [0, 0.1) is 11.8 Å². The quantitative estimate of drug-likeness (QED) is 0.434. The van der Waals surface area contributed by atoms with Crippen LogP contribution < -0.4 is 0 Å². The number of amides is 2. The summed E-state index contributed by atoms with van der Waals surface area (Å²) in [5.74, 6) is -5.05. The van der Waals surface area contributed by atoms with Gasteiger partial charge in [-0.3, -0.25) is 19.3 Å². The Morgan fingerprint density at radius 1 is 1.19 bits per heavy atom. The lowest BCUT2D eigenvalue weighted by molar-refractivity contribution is -0.180. The Balaban J connectivity index is 1.94. The molecule has 1 aromatic rings. The fourth-order valence-corrected chi connectivity index (χ4v) is 5.87. The Morgan fingerprint density at radius 3 is 2.39 bits per heavy atom. The van der Waals surface area contributed by atoms with E-state index in [0.717, 1.165) is 10.5 Å². The number of nitrogens with zero attached hydrogens (tertiary/aromatic N) is 1. The molecule has 0 aromatic heterocycles. The van der Waals surface area contributed by atoms with Gasteiger partial charge < -0.3 is 9.53 Å². The molecule has 31 heavy (non-hydrogen) atoms. The Morgan fingerprint density at radius 2 is 1.81 bits per heavy atom. The summed E-state index contributed by atoms with van der Waals surface area (Å²) in [7, 11) is -2.22. The second kappa shape index (κ2) is 7.98. The maximum Gasteiger partial charge on any atom is 0.395 e. The van der Waals surface area contributed by atoms with Crippen LogP contribution in [0.2, 0.25) is 18.1 Å². The summed E-state index contributed by atoms with van der Waals surface area (Å²) in [6, 6.07) is 6.49. The van der Waals surface area contributed by atoms with Crippen molar-refractivity contribution in [2.24, 2.45) is 11.8 Å². The summed E-state index contributed by atoms with van der Waals surface area (Å²) in [6.45, 7) is 12.2. The van der Waals surface area contributed by atoms with Crippen LogP contribution in [0.25, 0.3) is 0 Å². The minimum atomic E-state index is -2.22. The highest BCUT2D eigenvalue weighted by atomic mass is 28.4. The van der Waals surface area contributed by atoms with E-state index in [1.165, 1.54) is 0 Å². The van der Waals surface area contributed by atoms with Crippen LogP contribution in [-0.4, -0.2) is 54.0 Å². The molecule has 1 aliphatic heterocycles. The fraction of sp³-hybridized carbons (Fsp3) is 0.565. The van der Waals surface area contributed by atoms with Crippen molar-refractivity contribution in [1.29, 1.82) is 0 Å². The van der Waals surface area contributed by atoms with Crippen LogP contribution in [-0.2, 0) is 25.2 Å². The molecule has 0 spiro atoms. The van der Waals surface area contributed by atoms with Crippen LogP contribution in [0.5, 0.6) is 0 Å². The molecule has 168 valence electrons. The molecular formula is C23H31NO6Si.